The van der Waals surface area contributed by atoms with Crippen LogP contribution in [-0.4, -0.2) is 13.7 Å². The first-order chi connectivity index (χ1) is 9.17. The number of methoxy groups -OCH3 is 1. The molecule has 0 aliphatic carbocycles. The molecule has 102 valence electrons. The molecule has 0 fully saturated rings. The average molecular weight is 275 g/mol. The zero-order valence-electron chi connectivity index (χ0n) is 12.0. The smallest absolute Gasteiger partial charge is 0.119 e. The highest BCUT2D eigenvalue weighted by Crippen LogP contribution is 2.32. The van der Waals surface area contributed by atoms with Gasteiger partial charge >= 0.3 is 0 Å². The first kappa shape index (κ1) is 14.1. The maximum Gasteiger partial charge on any atom is 0.119 e. The first-order valence-electron chi connectivity index (χ1n) is 6.59. The summed E-state index contributed by atoms with van der Waals surface area (Å²) in [6.45, 7) is 7.42. The molecule has 19 heavy (non-hydrogen) atoms. The van der Waals surface area contributed by atoms with Gasteiger partial charge in [0.1, 0.15) is 5.75 Å². The normalized spacial score (nSPS) is 12.4. The number of rotatable bonds is 5. The maximum atomic E-state index is 5.29. The molecular formula is C16H21NOS. The summed E-state index contributed by atoms with van der Waals surface area (Å²) < 4.78 is 5.29. The zero-order chi connectivity index (χ0) is 13.8. The van der Waals surface area contributed by atoms with Gasteiger partial charge in [0.05, 0.1) is 13.2 Å². The highest BCUT2D eigenvalue weighted by atomic mass is 32.1. The van der Waals surface area contributed by atoms with E-state index >= 15 is 0 Å². The van der Waals surface area contributed by atoms with E-state index in [-0.39, 0.29) is 6.04 Å². The number of benzene rings is 1. The lowest BCUT2D eigenvalue weighted by atomic mass is 9.98. The van der Waals surface area contributed by atoms with E-state index in [9.17, 15) is 0 Å². The third-order valence-electron chi connectivity index (χ3n) is 3.36. The quantitative estimate of drug-likeness (QED) is 0.888. The van der Waals surface area contributed by atoms with Gasteiger partial charge < -0.3 is 10.1 Å². The van der Waals surface area contributed by atoms with Gasteiger partial charge in [-0.2, -0.15) is 0 Å². The van der Waals surface area contributed by atoms with Crippen LogP contribution in [0.25, 0.3) is 0 Å². The Morgan fingerprint density at radius 3 is 2.53 bits per heavy atom. The second-order valence-corrected chi connectivity index (χ2v) is 5.63. The molecule has 1 atom stereocenters. The van der Waals surface area contributed by atoms with Crippen molar-refractivity contribution < 1.29 is 4.74 Å². The van der Waals surface area contributed by atoms with E-state index in [0.717, 1.165) is 12.3 Å². The lowest BCUT2D eigenvalue weighted by Crippen LogP contribution is -2.22. The molecule has 0 saturated heterocycles. The molecule has 0 amide bonds. The first-order valence-corrected chi connectivity index (χ1v) is 7.47. The summed E-state index contributed by atoms with van der Waals surface area (Å²) in [5.41, 5.74) is 3.94. The minimum Gasteiger partial charge on any atom is -0.497 e. The summed E-state index contributed by atoms with van der Waals surface area (Å²) in [6.07, 6.45) is 0. The van der Waals surface area contributed by atoms with Crippen LogP contribution in [0.2, 0.25) is 0 Å². The Kier molecular flexibility index (Phi) is 4.61. The molecule has 0 aliphatic heterocycles. The van der Waals surface area contributed by atoms with Gasteiger partial charge in [-0.25, -0.2) is 0 Å². The van der Waals surface area contributed by atoms with Gasteiger partial charge in [0.2, 0.25) is 0 Å². The van der Waals surface area contributed by atoms with Crippen molar-refractivity contribution in [3.8, 4) is 5.75 Å². The Hall–Kier alpha value is -1.32. The van der Waals surface area contributed by atoms with Crippen LogP contribution >= 0.6 is 11.3 Å². The van der Waals surface area contributed by atoms with E-state index < -0.39 is 0 Å². The van der Waals surface area contributed by atoms with Crippen LogP contribution in [0.5, 0.6) is 5.75 Å². The molecule has 2 rings (SSSR count). The summed E-state index contributed by atoms with van der Waals surface area (Å²) in [4.78, 5) is 1.40. The van der Waals surface area contributed by atoms with Crippen LogP contribution in [-0.2, 0) is 0 Å². The second-order valence-electron chi connectivity index (χ2n) is 4.68. The predicted molar refractivity (Wildman–Crippen MR) is 82.3 cm³/mol. The highest BCUT2D eigenvalue weighted by Gasteiger charge is 2.18. The van der Waals surface area contributed by atoms with Gasteiger partial charge in [0.15, 0.2) is 0 Å². The van der Waals surface area contributed by atoms with E-state index in [1.807, 2.05) is 17.4 Å². The predicted octanol–water partition coefficient (Wildman–Crippen LogP) is 4.07. The molecule has 0 aliphatic rings. The molecule has 0 bridgehead atoms. The molecule has 2 nitrogen and oxygen atoms in total. The zero-order valence-corrected chi connectivity index (χ0v) is 12.8. The Bertz CT molecular complexity index is 547. The third kappa shape index (κ3) is 2.99. The molecule has 1 aromatic heterocycles. The lowest BCUT2D eigenvalue weighted by molar-refractivity contribution is 0.414. The molecule has 2 aromatic rings. The van der Waals surface area contributed by atoms with Gasteiger partial charge in [-0.3, -0.25) is 0 Å². The molecule has 0 radical (unpaired) electrons. The molecular weight excluding hydrogens is 254 g/mol. The number of ether oxygens (including phenoxy) is 1. The van der Waals surface area contributed by atoms with E-state index in [4.69, 9.17) is 4.74 Å². The number of thiophene rings is 1. The third-order valence-corrected chi connectivity index (χ3v) is 4.44. The lowest BCUT2D eigenvalue weighted by Gasteiger charge is -2.20. The van der Waals surface area contributed by atoms with Crippen molar-refractivity contribution in [2.45, 2.75) is 26.8 Å². The van der Waals surface area contributed by atoms with Crippen molar-refractivity contribution in [2.75, 3.05) is 13.7 Å². The van der Waals surface area contributed by atoms with Crippen LogP contribution in [0.4, 0.5) is 0 Å². The Morgan fingerprint density at radius 2 is 2.00 bits per heavy atom. The SMILES string of the molecule is CCNC(c1ccc(OC)cc1C)c1sccc1C. The van der Waals surface area contributed by atoms with Crippen molar-refractivity contribution in [2.24, 2.45) is 0 Å². The van der Waals surface area contributed by atoms with E-state index in [2.05, 4.69) is 49.7 Å². The number of aryl methyl sites for hydroxylation is 2. The molecule has 1 unspecified atom stereocenters. The fraction of sp³-hybridized carbons (Fsp3) is 0.375. The summed E-state index contributed by atoms with van der Waals surface area (Å²) in [7, 11) is 1.71. The number of nitrogens with one attached hydrogen (secondary N) is 1. The Balaban J connectivity index is 2.42. The monoisotopic (exact) mass is 275 g/mol. The molecule has 1 N–H and O–H groups in total. The van der Waals surface area contributed by atoms with Gasteiger partial charge in [0, 0.05) is 4.88 Å². The molecule has 1 aromatic carbocycles. The van der Waals surface area contributed by atoms with Crippen LogP contribution in [0.15, 0.2) is 29.6 Å². The Labute approximate surface area is 119 Å². The summed E-state index contributed by atoms with van der Waals surface area (Å²) in [6, 6.07) is 8.76. The molecule has 1 heterocycles. The van der Waals surface area contributed by atoms with Crippen LogP contribution < -0.4 is 10.1 Å². The van der Waals surface area contributed by atoms with Crippen molar-refractivity contribution in [1.82, 2.24) is 5.32 Å². The van der Waals surface area contributed by atoms with Gasteiger partial charge in [-0.1, -0.05) is 13.0 Å². The summed E-state index contributed by atoms with van der Waals surface area (Å²) in [5.74, 6) is 0.916. The van der Waals surface area contributed by atoms with Crippen molar-refractivity contribution in [3.05, 3.63) is 51.2 Å². The molecule has 0 saturated carbocycles. The fourth-order valence-corrected chi connectivity index (χ4v) is 3.35. The van der Waals surface area contributed by atoms with Gasteiger partial charge in [-0.15, -0.1) is 11.3 Å². The summed E-state index contributed by atoms with van der Waals surface area (Å²) >= 11 is 1.82. The largest absolute Gasteiger partial charge is 0.497 e. The topological polar surface area (TPSA) is 21.3 Å². The van der Waals surface area contributed by atoms with Crippen LogP contribution in [0, 0.1) is 13.8 Å². The number of hydrogen-bond acceptors (Lipinski definition) is 3. The molecule has 3 heteroatoms. The van der Waals surface area contributed by atoms with Crippen molar-refractivity contribution in [1.29, 1.82) is 0 Å². The minimum atomic E-state index is 0.274. The van der Waals surface area contributed by atoms with E-state index in [1.165, 1.54) is 21.6 Å². The van der Waals surface area contributed by atoms with E-state index in [1.54, 1.807) is 7.11 Å². The van der Waals surface area contributed by atoms with Crippen molar-refractivity contribution in [3.63, 3.8) is 0 Å². The van der Waals surface area contributed by atoms with Crippen molar-refractivity contribution >= 4 is 11.3 Å². The van der Waals surface area contributed by atoms with Crippen LogP contribution in [0.1, 0.15) is 34.5 Å². The van der Waals surface area contributed by atoms with Gasteiger partial charge in [-0.05, 0) is 60.7 Å². The number of hydrogen-bond donors (Lipinski definition) is 1. The molecule has 0 spiro atoms. The average Bonchev–Trinajstić information content (AvgIpc) is 2.82. The summed E-state index contributed by atoms with van der Waals surface area (Å²) in [5, 5.41) is 5.75. The fourth-order valence-electron chi connectivity index (χ4n) is 2.33. The standard InChI is InChI=1S/C16H21NOS/c1-5-17-15(16-11(2)8-9-19-16)14-7-6-13(18-4)10-12(14)3/h6-10,15,17H,5H2,1-4H3. The van der Waals surface area contributed by atoms with E-state index in [0.29, 0.717) is 0 Å². The second kappa shape index (κ2) is 6.22. The van der Waals surface area contributed by atoms with Gasteiger partial charge in [0.25, 0.3) is 0 Å². The highest BCUT2D eigenvalue weighted by molar-refractivity contribution is 7.10. The minimum absolute atomic E-state index is 0.274. The van der Waals surface area contributed by atoms with Crippen LogP contribution in [0.3, 0.4) is 0 Å². The Morgan fingerprint density at radius 1 is 1.21 bits per heavy atom. The maximum absolute atomic E-state index is 5.29.